The average molecular weight is 535 g/mol. The Hall–Kier alpha value is -3.35. The Bertz CT molecular complexity index is 1350. The summed E-state index contributed by atoms with van der Waals surface area (Å²) in [6.45, 7) is 8.46. The van der Waals surface area contributed by atoms with Crippen LogP contribution < -0.4 is 14.8 Å². The summed E-state index contributed by atoms with van der Waals surface area (Å²) >= 11 is 11.9. The van der Waals surface area contributed by atoms with E-state index in [4.69, 9.17) is 33.3 Å². The SMILES string of the molecule is COc1ccc(/C=C2\NC(=S)N(C(C)c3ccccc3)C2=O)cc1COc1cc(C)c(Cl)cc1C(C)C. The van der Waals surface area contributed by atoms with Crippen LogP contribution in [0.4, 0.5) is 0 Å². The second-order valence-electron chi connectivity index (χ2n) is 9.40. The number of thiocarbonyl (C=S) groups is 1. The van der Waals surface area contributed by atoms with Crippen LogP contribution >= 0.6 is 23.8 Å². The highest BCUT2D eigenvalue weighted by molar-refractivity contribution is 7.80. The van der Waals surface area contributed by atoms with E-state index in [-0.39, 0.29) is 17.9 Å². The van der Waals surface area contributed by atoms with Gasteiger partial charge in [0.05, 0.1) is 13.2 Å². The molecule has 0 aromatic heterocycles. The molecular weight excluding hydrogens is 504 g/mol. The number of hydrogen-bond donors (Lipinski definition) is 1. The van der Waals surface area contributed by atoms with Crippen LogP contribution in [0.15, 0.2) is 66.4 Å². The number of carbonyl (C=O) groups is 1. The van der Waals surface area contributed by atoms with E-state index >= 15 is 0 Å². The number of aryl methyl sites for hydroxylation is 1. The van der Waals surface area contributed by atoms with Gasteiger partial charge in [-0.15, -0.1) is 0 Å². The zero-order valence-corrected chi connectivity index (χ0v) is 23.2. The molecule has 192 valence electrons. The molecule has 3 aromatic rings. The molecule has 0 spiro atoms. The fourth-order valence-corrected chi connectivity index (χ4v) is 4.87. The minimum atomic E-state index is -0.183. The zero-order chi connectivity index (χ0) is 26.7. The summed E-state index contributed by atoms with van der Waals surface area (Å²) in [5, 5.41) is 4.20. The Morgan fingerprint density at radius 1 is 1.05 bits per heavy atom. The molecule has 1 N–H and O–H groups in total. The maximum atomic E-state index is 13.3. The molecule has 1 aliphatic rings. The molecule has 1 aliphatic heterocycles. The van der Waals surface area contributed by atoms with Crippen LogP contribution in [-0.4, -0.2) is 23.0 Å². The molecule has 0 radical (unpaired) electrons. The van der Waals surface area contributed by atoms with Gasteiger partial charge in [-0.25, -0.2) is 0 Å². The first-order valence-electron chi connectivity index (χ1n) is 12.2. The van der Waals surface area contributed by atoms with Crippen molar-refractivity contribution in [2.75, 3.05) is 7.11 Å². The van der Waals surface area contributed by atoms with Crippen LogP contribution in [0.3, 0.4) is 0 Å². The van der Waals surface area contributed by atoms with Crippen LogP contribution in [0.1, 0.15) is 60.5 Å². The van der Waals surface area contributed by atoms with Gasteiger partial charge in [-0.3, -0.25) is 9.69 Å². The van der Waals surface area contributed by atoms with Crippen molar-refractivity contribution in [2.45, 2.75) is 46.3 Å². The lowest BCUT2D eigenvalue weighted by atomic mass is 10.0. The van der Waals surface area contributed by atoms with E-state index in [2.05, 4.69) is 19.2 Å². The lowest BCUT2D eigenvalue weighted by molar-refractivity contribution is -0.123. The summed E-state index contributed by atoms with van der Waals surface area (Å²) in [5.74, 6) is 1.61. The normalized spacial score (nSPS) is 15.3. The van der Waals surface area contributed by atoms with E-state index < -0.39 is 0 Å². The van der Waals surface area contributed by atoms with Gasteiger partial charge in [0.2, 0.25) is 0 Å². The average Bonchev–Trinajstić information content (AvgIpc) is 3.16. The molecule has 0 bridgehead atoms. The van der Waals surface area contributed by atoms with Gasteiger partial charge in [-0.2, -0.15) is 0 Å². The summed E-state index contributed by atoms with van der Waals surface area (Å²) in [7, 11) is 1.63. The van der Waals surface area contributed by atoms with Gasteiger partial charge in [-0.1, -0.05) is 61.8 Å². The number of hydrogen-bond acceptors (Lipinski definition) is 4. The zero-order valence-electron chi connectivity index (χ0n) is 21.7. The molecule has 1 amide bonds. The summed E-state index contributed by atoms with van der Waals surface area (Å²) < 4.78 is 11.8. The summed E-state index contributed by atoms with van der Waals surface area (Å²) in [5.41, 5.74) is 5.16. The van der Waals surface area contributed by atoms with Crippen molar-refractivity contribution in [2.24, 2.45) is 0 Å². The van der Waals surface area contributed by atoms with E-state index in [9.17, 15) is 4.79 Å². The third kappa shape index (κ3) is 5.81. The van der Waals surface area contributed by atoms with E-state index in [1.54, 1.807) is 18.1 Å². The lowest BCUT2D eigenvalue weighted by Crippen LogP contribution is -2.33. The largest absolute Gasteiger partial charge is 0.496 e. The fraction of sp³-hybridized carbons (Fsp3) is 0.267. The number of methoxy groups -OCH3 is 1. The molecule has 1 heterocycles. The topological polar surface area (TPSA) is 50.8 Å². The lowest BCUT2D eigenvalue weighted by Gasteiger charge is -2.23. The van der Waals surface area contributed by atoms with E-state index in [0.29, 0.717) is 23.2 Å². The van der Waals surface area contributed by atoms with E-state index in [1.165, 1.54) is 0 Å². The molecule has 4 rings (SSSR count). The van der Waals surface area contributed by atoms with Crippen molar-refractivity contribution >= 4 is 40.9 Å². The number of rotatable bonds is 8. The molecule has 0 aliphatic carbocycles. The third-order valence-electron chi connectivity index (χ3n) is 6.49. The minimum absolute atomic E-state index is 0.159. The number of benzene rings is 3. The number of halogens is 1. The van der Waals surface area contributed by atoms with Gasteiger partial charge < -0.3 is 14.8 Å². The predicted octanol–water partition coefficient (Wildman–Crippen LogP) is 7.18. The predicted molar refractivity (Wildman–Crippen MR) is 153 cm³/mol. The van der Waals surface area contributed by atoms with Crippen molar-refractivity contribution in [1.82, 2.24) is 10.2 Å². The molecule has 1 unspecified atom stereocenters. The first-order valence-corrected chi connectivity index (χ1v) is 13.0. The van der Waals surface area contributed by atoms with Crippen molar-refractivity contribution in [1.29, 1.82) is 0 Å². The molecule has 1 fully saturated rings. The van der Waals surface area contributed by atoms with E-state index in [1.807, 2.05) is 74.5 Å². The Kier molecular flexibility index (Phi) is 8.20. The van der Waals surface area contributed by atoms with Gasteiger partial charge in [-0.05, 0) is 84.6 Å². The Balaban J connectivity index is 1.58. The molecule has 0 saturated carbocycles. The van der Waals surface area contributed by atoms with Crippen LogP contribution in [0, 0.1) is 6.92 Å². The molecule has 7 heteroatoms. The van der Waals surface area contributed by atoms with Crippen LogP contribution in [0.2, 0.25) is 5.02 Å². The van der Waals surface area contributed by atoms with Gasteiger partial charge in [0.25, 0.3) is 5.91 Å². The van der Waals surface area contributed by atoms with Crippen LogP contribution in [0.25, 0.3) is 6.08 Å². The summed E-state index contributed by atoms with van der Waals surface area (Å²) in [6.07, 6.45) is 1.81. The monoisotopic (exact) mass is 534 g/mol. The van der Waals surface area contributed by atoms with Crippen molar-refractivity contribution in [3.63, 3.8) is 0 Å². The summed E-state index contributed by atoms with van der Waals surface area (Å²) in [4.78, 5) is 14.9. The molecule has 1 atom stereocenters. The highest BCUT2D eigenvalue weighted by atomic mass is 35.5. The maximum absolute atomic E-state index is 13.3. The molecule has 37 heavy (non-hydrogen) atoms. The quantitative estimate of drug-likeness (QED) is 0.245. The maximum Gasteiger partial charge on any atom is 0.277 e. The standard InChI is InChI=1S/C30H31ClN2O3S/c1-18(2)24-16-25(31)19(3)13-28(24)36-17-23-14-21(11-12-27(23)35-5)15-26-29(34)33(30(37)32-26)20(4)22-9-7-6-8-10-22/h6-16,18,20H,17H2,1-5H3,(H,32,37)/b26-15-. The van der Waals surface area contributed by atoms with Gasteiger partial charge in [0.1, 0.15) is 23.8 Å². The van der Waals surface area contributed by atoms with Crippen LogP contribution in [-0.2, 0) is 11.4 Å². The molecule has 1 saturated heterocycles. The molecule has 5 nitrogen and oxygen atoms in total. The van der Waals surface area contributed by atoms with Gasteiger partial charge in [0, 0.05) is 10.6 Å². The Morgan fingerprint density at radius 3 is 2.46 bits per heavy atom. The second kappa shape index (κ2) is 11.4. The number of nitrogens with one attached hydrogen (secondary N) is 1. The highest BCUT2D eigenvalue weighted by Gasteiger charge is 2.34. The van der Waals surface area contributed by atoms with E-state index in [0.717, 1.165) is 38.6 Å². The van der Waals surface area contributed by atoms with Gasteiger partial charge >= 0.3 is 0 Å². The Morgan fingerprint density at radius 2 is 1.78 bits per heavy atom. The first-order chi connectivity index (χ1) is 17.7. The molecule has 3 aromatic carbocycles. The number of ether oxygens (including phenoxy) is 2. The number of carbonyl (C=O) groups excluding carboxylic acids is 1. The smallest absolute Gasteiger partial charge is 0.277 e. The summed E-state index contributed by atoms with van der Waals surface area (Å²) in [6, 6.07) is 19.3. The Labute approximate surface area is 229 Å². The second-order valence-corrected chi connectivity index (χ2v) is 10.2. The number of amides is 1. The van der Waals surface area contributed by atoms with Crippen molar-refractivity contribution < 1.29 is 14.3 Å². The van der Waals surface area contributed by atoms with Crippen molar-refractivity contribution in [3.05, 3.63) is 99.2 Å². The van der Waals surface area contributed by atoms with Crippen molar-refractivity contribution in [3.8, 4) is 11.5 Å². The minimum Gasteiger partial charge on any atom is -0.496 e. The van der Waals surface area contributed by atoms with Gasteiger partial charge in [0.15, 0.2) is 5.11 Å². The fourth-order valence-electron chi connectivity index (χ4n) is 4.35. The first kappa shape index (κ1) is 26.7. The molecular formula is C30H31ClN2O3S. The number of nitrogens with zero attached hydrogens (tertiary/aromatic N) is 1. The van der Waals surface area contributed by atoms with Crippen LogP contribution in [0.5, 0.6) is 11.5 Å². The third-order valence-corrected chi connectivity index (χ3v) is 7.20. The highest BCUT2D eigenvalue weighted by Crippen LogP contribution is 2.33.